The second kappa shape index (κ2) is 9.02. The van der Waals surface area contributed by atoms with Crippen LogP contribution in [0.25, 0.3) is 0 Å². The lowest BCUT2D eigenvalue weighted by molar-refractivity contribution is -0.138. The number of ether oxygens (including phenoxy) is 2. The third kappa shape index (κ3) is 4.14. The largest absolute Gasteiger partial charge is 0.465 e. The van der Waals surface area contributed by atoms with E-state index in [0.717, 1.165) is 6.42 Å². The Balaban J connectivity index is 3.42. The first kappa shape index (κ1) is 18.8. The number of esters is 2. The number of carbonyl (C=O) groups is 2. The first-order valence-electron chi connectivity index (χ1n) is 7.12. The summed E-state index contributed by atoms with van der Waals surface area (Å²) in [5.41, 5.74) is 0.523. The summed E-state index contributed by atoms with van der Waals surface area (Å²) in [6.45, 7) is 1.84. The van der Waals surface area contributed by atoms with Crippen LogP contribution in [0.1, 0.15) is 26.2 Å². The van der Waals surface area contributed by atoms with Crippen molar-refractivity contribution >= 4 is 23.7 Å². The van der Waals surface area contributed by atoms with Crippen LogP contribution < -0.4 is 0 Å². The minimum Gasteiger partial charge on any atom is -0.465 e. The maximum Gasteiger partial charge on any atom is 0.349 e. The highest BCUT2D eigenvalue weighted by Crippen LogP contribution is 2.43. The maximum atomic E-state index is 12.0. The molecule has 1 aliphatic carbocycles. The van der Waals surface area contributed by atoms with E-state index < -0.39 is 11.9 Å². The van der Waals surface area contributed by atoms with E-state index in [2.05, 4.69) is 4.74 Å². The Morgan fingerprint density at radius 1 is 1.30 bits per heavy atom. The molecule has 1 aliphatic rings. The van der Waals surface area contributed by atoms with Crippen LogP contribution in [-0.2, 0) is 19.1 Å². The number of carbonyl (C=O) groups excluding carboxylic acids is 2. The molecule has 0 heterocycles. The van der Waals surface area contributed by atoms with Crippen LogP contribution in [0.15, 0.2) is 21.6 Å². The molecular weight excluding hydrogens is 316 g/mol. The first-order chi connectivity index (χ1) is 11.0. The van der Waals surface area contributed by atoms with Crippen molar-refractivity contribution in [1.82, 2.24) is 0 Å². The summed E-state index contributed by atoms with van der Waals surface area (Å²) in [6.07, 6.45) is 3.76. The Morgan fingerprint density at radius 3 is 2.48 bits per heavy atom. The molecule has 0 aromatic carbocycles. The Bertz CT molecular complexity index is 637. The van der Waals surface area contributed by atoms with Crippen molar-refractivity contribution in [3.05, 3.63) is 21.6 Å². The normalized spacial score (nSPS) is 20.0. The number of hydrogen-bond acceptors (Lipinski definition) is 7. The van der Waals surface area contributed by atoms with Crippen LogP contribution in [0.3, 0.4) is 0 Å². The number of methoxy groups -OCH3 is 1. The van der Waals surface area contributed by atoms with Crippen LogP contribution in [0.2, 0.25) is 0 Å². The van der Waals surface area contributed by atoms with E-state index in [1.54, 1.807) is 13.2 Å². The van der Waals surface area contributed by atoms with Gasteiger partial charge in [-0.2, -0.15) is 10.5 Å². The molecule has 1 rings (SSSR count). The van der Waals surface area contributed by atoms with Crippen LogP contribution in [0.5, 0.6) is 0 Å². The number of nitriles is 2. The molecule has 7 heteroatoms. The van der Waals surface area contributed by atoms with Gasteiger partial charge in [-0.1, -0.05) is 0 Å². The van der Waals surface area contributed by atoms with E-state index in [9.17, 15) is 20.1 Å². The van der Waals surface area contributed by atoms with Crippen LogP contribution >= 0.6 is 11.8 Å². The maximum absolute atomic E-state index is 12.0. The van der Waals surface area contributed by atoms with Crippen molar-refractivity contribution < 1.29 is 19.1 Å². The van der Waals surface area contributed by atoms with E-state index >= 15 is 0 Å². The first-order valence-corrected chi connectivity index (χ1v) is 8.34. The number of hydrogen-bond donors (Lipinski definition) is 0. The summed E-state index contributed by atoms with van der Waals surface area (Å²) < 4.78 is 9.57. The van der Waals surface area contributed by atoms with Gasteiger partial charge in [0.1, 0.15) is 23.3 Å². The highest BCUT2D eigenvalue weighted by molar-refractivity contribution is 8.02. The number of thioether (sulfide) groups is 1. The number of nitrogens with zero attached hydrogens (tertiary/aromatic N) is 2. The van der Waals surface area contributed by atoms with Crippen molar-refractivity contribution in [2.24, 2.45) is 5.92 Å². The van der Waals surface area contributed by atoms with Gasteiger partial charge in [-0.3, -0.25) is 0 Å². The standard InChI is InChI=1S/C16H18N2O4S/c1-4-22-16(20)13(9-18)14(23-3)11-7-5-6-10(11)12(8-17)15(19)21-2/h11H,4-7H2,1-3H3/b12-10+,14-13+/t11-/m1/s1. The molecule has 0 saturated heterocycles. The molecule has 1 saturated carbocycles. The van der Waals surface area contributed by atoms with Gasteiger partial charge in [-0.05, 0) is 38.0 Å². The highest BCUT2D eigenvalue weighted by atomic mass is 32.2. The van der Waals surface area contributed by atoms with E-state index in [0.29, 0.717) is 23.3 Å². The number of allylic oxidation sites excluding steroid dienone is 2. The topological polar surface area (TPSA) is 100 Å². The third-order valence-electron chi connectivity index (χ3n) is 3.56. The molecule has 0 aliphatic heterocycles. The van der Waals surface area contributed by atoms with Crippen molar-refractivity contribution in [1.29, 1.82) is 10.5 Å². The van der Waals surface area contributed by atoms with E-state index in [-0.39, 0.29) is 23.7 Å². The summed E-state index contributed by atoms with van der Waals surface area (Å²) in [4.78, 5) is 24.3. The van der Waals surface area contributed by atoms with Gasteiger partial charge in [0.2, 0.25) is 0 Å². The fraction of sp³-hybridized carbons (Fsp3) is 0.500. The van der Waals surface area contributed by atoms with Crippen LogP contribution in [-0.4, -0.2) is 31.9 Å². The van der Waals surface area contributed by atoms with E-state index in [1.807, 2.05) is 12.1 Å². The monoisotopic (exact) mass is 334 g/mol. The van der Waals surface area contributed by atoms with E-state index in [1.165, 1.54) is 18.9 Å². The summed E-state index contributed by atoms with van der Waals surface area (Å²) in [6, 6.07) is 3.79. The van der Waals surface area contributed by atoms with Crippen LogP contribution in [0, 0.1) is 28.6 Å². The molecule has 1 atom stereocenters. The van der Waals surface area contributed by atoms with Crippen molar-refractivity contribution in [3.63, 3.8) is 0 Å². The predicted molar refractivity (Wildman–Crippen MR) is 84.8 cm³/mol. The SMILES string of the molecule is CCOC(=O)/C(C#N)=C(/SC)[C@@H]1CCC/C1=C(/C#N)C(=O)OC. The van der Waals surface area contributed by atoms with Crippen molar-refractivity contribution in [2.45, 2.75) is 26.2 Å². The molecule has 122 valence electrons. The Hall–Kier alpha value is -2.25. The quantitative estimate of drug-likeness (QED) is 0.432. The molecule has 23 heavy (non-hydrogen) atoms. The summed E-state index contributed by atoms with van der Waals surface area (Å²) in [5.74, 6) is -1.68. The second-order valence-corrected chi connectivity index (χ2v) is 5.57. The van der Waals surface area contributed by atoms with Gasteiger partial charge in [0.15, 0.2) is 0 Å². The molecule has 0 amide bonds. The van der Waals surface area contributed by atoms with Crippen LogP contribution in [0.4, 0.5) is 0 Å². The number of rotatable bonds is 5. The Labute approximate surface area is 139 Å². The van der Waals surface area contributed by atoms with Gasteiger partial charge < -0.3 is 9.47 Å². The molecule has 1 fully saturated rings. The molecule has 0 N–H and O–H groups in total. The molecular formula is C16H18N2O4S. The van der Waals surface area contributed by atoms with Crippen molar-refractivity contribution in [2.75, 3.05) is 20.0 Å². The zero-order valence-electron chi connectivity index (χ0n) is 13.3. The molecule has 0 spiro atoms. The molecule has 0 bridgehead atoms. The lowest BCUT2D eigenvalue weighted by Crippen LogP contribution is -2.14. The lowest BCUT2D eigenvalue weighted by Gasteiger charge is -2.17. The zero-order chi connectivity index (χ0) is 17.4. The van der Waals surface area contributed by atoms with Crippen molar-refractivity contribution in [3.8, 4) is 12.1 Å². The Morgan fingerprint density at radius 2 is 2.00 bits per heavy atom. The summed E-state index contributed by atoms with van der Waals surface area (Å²) in [5, 5.41) is 18.6. The van der Waals surface area contributed by atoms with Gasteiger partial charge in [-0.15, -0.1) is 11.8 Å². The highest BCUT2D eigenvalue weighted by Gasteiger charge is 2.33. The molecule has 0 unspecified atom stereocenters. The zero-order valence-corrected chi connectivity index (χ0v) is 14.2. The van der Waals surface area contributed by atoms with E-state index in [4.69, 9.17) is 4.74 Å². The summed E-state index contributed by atoms with van der Waals surface area (Å²) >= 11 is 1.27. The average molecular weight is 334 g/mol. The fourth-order valence-electron chi connectivity index (χ4n) is 2.61. The molecule has 0 aromatic heterocycles. The minimum absolute atomic E-state index is 0.0392. The third-order valence-corrected chi connectivity index (χ3v) is 4.48. The molecule has 6 nitrogen and oxygen atoms in total. The lowest BCUT2D eigenvalue weighted by atomic mass is 9.95. The van der Waals surface area contributed by atoms with Gasteiger partial charge in [-0.25, -0.2) is 9.59 Å². The summed E-state index contributed by atoms with van der Waals surface area (Å²) in [7, 11) is 1.22. The van der Waals surface area contributed by atoms with Gasteiger partial charge in [0.05, 0.1) is 13.7 Å². The second-order valence-electron chi connectivity index (χ2n) is 4.72. The minimum atomic E-state index is -0.690. The average Bonchev–Trinajstić information content (AvgIpc) is 3.01. The smallest absolute Gasteiger partial charge is 0.349 e. The molecule has 0 aromatic rings. The fourth-order valence-corrected chi connectivity index (χ4v) is 3.49. The van der Waals surface area contributed by atoms with Gasteiger partial charge >= 0.3 is 11.9 Å². The molecule has 0 radical (unpaired) electrons. The Kier molecular flexibility index (Phi) is 7.37. The predicted octanol–water partition coefficient (Wildman–Crippen LogP) is 2.48. The van der Waals surface area contributed by atoms with Gasteiger partial charge in [0, 0.05) is 10.8 Å². The van der Waals surface area contributed by atoms with Gasteiger partial charge in [0.25, 0.3) is 0 Å².